The minimum Gasteiger partial charge on any atom is -0.469 e. The lowest BCUT2D eigenvalue weighted by Gasteiger charge is -2.14. The molecule has 0 saturated carbocycles. The number of fused-ring (bicyclic) bond motifs is 1. The summed E-state index contributed by atoms with van der Waals surface area (Å²) in [7, 11) is 1.84. The highest BCUT2D eigenvalue weighted by Gasteiger charge is 2.19. The van der Waals surface area contributed by atoms with Crippen molar-refractivity contribution < 1.29 is 9.21 Å². The highest BCUT2D eigenvalue weighted by molar-refractivity contribution is 6.06. The number of hydrogen-bond donors (Lipinski definition) is 1. The number of hydrogen-bond acceptors (Lipinski definition) is 4. The third-order valence-corrected chi connectivity index (χ3v) is 4.12. The number of pyridine rings is 1. The van der Waals surface area contributed by atoms with Crippen LogP contribution in [0.15, 0.2) is 28.9 Å². The van der Waals surface area contributed by atoms with Gasteiger partial charge in [0.15, 0.2) is 5.65 Å². The number of carbonyl (C=O) groups is 1. The van der Waals surface area contributed by atoms with Gasteiger partial charge in [-0.2, -0.15) is 5.10 Å². The summed E-state index contributed by atoms with van der Waals surface area (Å²) in [5, 5.41) is 8.27. The number of rotatable bonds is 5. The molecule has 0 aromatic carbocycles. The van der Waals surface area contributed by atoms with E-state index in [4.69, 9.17) is 4.42 Å². The maximum absolute atomic E-state index is 12.7. The van der Waals surface area contributed by atoms with Crippen LogP contribution in [-0.4, -0.2) is 26.7 Å². The predicted molar refractivity (Wildman–Crippen MR) is 91.9 cm³/mol. The van der Waals surface area contributed by atoms with Crippen LogP contribution < -0.4 is 5.32 Å². The van der Waals surface area contributed by atoms with Gasteiger partial charge in [0.05, 0.1) is 22.9 Å². The summed E-state index contributed by atoms with van der Waals surface area (Å²) >= 11 is 0. The molecule has 0 aliphatic carbocycles. The quantitative estimate of drug-likeness (QED) is 0.782. The van der Waals surface area contributed by atoms with E-state index in [1.807, 2.05) is 46.0 Å². The molecule has 0 saturated heterocycles. The molecule has 0 spiro atoms. The molecule has 3 heterocycles. The number of aryl methyl sites for hydroxylation is 4. The SMILES string of the molecule is Cc1cc(C(=O)NC(C)CCc2ccco2)c2c(C)nn(C)c2n1. The summed E-state index contributed by atoms with van der Waals surface area (Å²) in [5.41, 5.74) is 2.99. The summed E-state index contributed by atoms with van der Waals surface area (Å²) in [4.78, 5) is 17.2. The smallest absolute Gasteiger partial charge is 0.252 e. The zero-order valence-electron chi connectivity index (χ0n) is 14.5. The fourth-order valence-corrected chi connectivity index (χ4v) is 2.94. The largest absolute Gasteiger partial charge is 0.469 e. The Labute approximate surface area is 140 Å². The van der Waals surface area contributed by atoms with E-state index >= 15 is 0 Å². The molecule has 24 heavy (non-hydrogen) atoms. The van der Waals surface area contributed by atoms with Crippen LogP contribution in [0, 0.1) is 13.8 Å². The Hall–Kier alpha value is -2.63. The van der Waals surface area contributed by atoms with E-state index in [1.54, 1.807) is 10.9 Å². The van der Waals surface area contributed by atoms with Crippen molar-refractivity contribution >= 4 is 16.9 Å². The Kier molecular flexibility index (Phi) is 4.38. The molecule has 1 N–H and O–H groups in total. The first-order valence-corrected chi connectivity index (χ1v) is 8.10. The minimum atomic E-state index is -0.0893. The average Bonchev–Trinajstić information content (AvgIpc) is 3.13. The van der Waals surface area contributed by atoms with Gasteiger partial charge in [-0.25, -0.2) is 4.98 Å². The molecular formula is C18H22N4O2. The first kappa shape index (κ1) is 16.2. The third kappa shape index (κ3) is 3.18. The van der Waals surface area contributed by atoms with Gasteiger partial charge >= 0.3 is 0 Å². The van der Waals surface area contributed by atoms with Crippen LogP contribution in [0.3, 0.4) is 0 Å². The van der Waals surface area contributed by atoms with E-state index < -0.39 is 0 Å². The van der Waals surface area contributed by atoms with Gasteiger partial charge in [-0.3, -0.25) is 9.48 Å². The van der Waals surface area contributed by atoms with Crippen LogP contribution in [0.25, 0.3) is 11.0 Å². The van der Waals surface area contributed by atoms with Gasteiger partial charge in [-0.1, -0.05) is 0 Å². The zero-order valence-corrected chi connectivity index (χ0v) is 14.5. The first-order chi connectivity index (χ1) is 11.5. The van der Waals surface area contributed by atoms with Crippen molar-refractivity contribution in [2.24, 2.45) is 7.05 Å². The van der Waals surface area contributed by atoms with E-state index in [1.165, 1.54) is 0 Å². The maximum atomic E-state index is 12.7. The third-order valence-electron chi connectivity index (χ3n) is 4.12. The second-order valence-electron chi connectivity index (χ2n) is 6.21. The summed E-state index contributed by atoms with van der Waals surface area (Å²) in [6.07, 6.45) is 3.28. The van der Waals surface area contributed by atoms with E-state index in [0.29, 0.717) is 5.56 Å². The molecule has 3 aromatic heterocycles. The van der Waals surface area contributed by atoms with Crippen LogP contribution >= 0.6 is 0 Å². The molecule has 6 nitrogen and oxygen atoms in total. The lowest BCUT2D eigenvalue weighted by Crippen LogP contribution is -2.33. The van der Waals surface area contributed by atoms with Gasteiger partial charge in [-0.05, 0) is 45.4 Å². The van der Waals surface area contributed by atoms with Gasteiger partial charge in [0.25, 0.3) is 5.91 Å². The summed E-state index contributed by atoms with van der Waals surface area (Å²) < 4.78 is 7.05. The number of nitrogens with zero attached hydrogens (tertiary/aromatic N) is 3. The molecule has 0 fully saturated rings. The van der Waals surface area contributed by atoms with E-state index in [0.717, 1.165) is 41.0 Å². The Morgan fingerprint density at radius 1 is 1.42 bits per heavy atom. The summed E-state index contributed by atoms with van der Waals surface area (Å²) in [5.74, 6) is 0.842. The molecule has 0 radical (unpaired) electrons. The molecule has 1 atom stereocenters. The second kappa shape index (κ2) is 6.47. The number of amides is 1. The summed E-state index contributed by atoms with van der Waals surface area (Å²) in [6, 6.07) is 5.69. The van der Waals surface area contributed by atoms with Crippen molar-refractivity contribution in [3.8, 4) is 0 Å². The number of aromatic nitrogens is 3. The zero-order chi connectivity index (χ0) is 17.3. The Bertz CT molecular complexity index is 865. The Balaban J connectivity index is 1.78. The molecule has 6 heteroatoms. The highest BCUT2D eigenvalue weighted by atomic mass is 16.3. The second-order valence-corrected chi connectivity index (χ2v) is 6.21. The average molecular weight is 326 g/mol. The van der Waals surface area contributed by atoms with Crippen molar-refractivity contribution in [2.45, 2.75) is 39.7 Å². The molecular weight excluding hydrogens is 304 g/mol. The maximum Gasteiger partial charge on any atom is 0.252 e. The molecule has 0 bridgehead atoms. The molecule has 1 amide bonds. The lowest BCUT2D eigenvalue weighted by atomic mass is 10.1. The van der Waals surface area contributed by atoms with Gasteiger partial charge in [-0.15, -0.1) is 0 Å². The van der Waals surface area contributed by atoms with Crippen LogP contribution in [0.5, 0.6) is 0 Å². The number of nitrogens with one attached hydrogen (secondary N) is 1. The molecule has 0 aliphatic rings. The molecule has 1 unspecified atom stereocenters. The number of carbonyl (C=O) groups excluding carboxylic acids is 1. The van der Waals surface area contributed by atoms with Gasteiger partial charge < -0.3 is 9.73 Å². The van der Waals surface area contributed by atoms with Crippen LogP contribution in [0.4, 0.5) is 0 Å². The minimum absolute atomic E-state index is 0.0445. The van der Waals surface area contributed by atoms with Crippen LogP contribution in [0.2, 0.25) is 0 Å². The van der Waals surface area contributed by atoms with Crippen molar-refractivity contribution in [1.82, 2.24) is 20.1 Å². The molecule has 126 valence electrons. The van der Waals surface area contributed by atoms with Crippen LogP contribution in [-0.2, 0) is 13.5 Å². The van der Waals surface area contributed by atoms with Crippen molar-refractivity contribution in [3.63, 3.8) is 0 Å². The topological polar surface area (TPSA) is 73.0 Å². The predicted octanol–water partition coefficient (Wildman–Crippen LogP) is 2.93. The van der Waals surface area contributed by atoms with Crippen molar-refractivity contribution in [2.75, 3.05) is 0 Å². The van der Waals surface area contributed by atoms with Crippen LogP contribution in [0.1, 0.15) is 40.9 Å². The normalized spacial score (nSPS) is 12.5. The Morgan fingerprint density at radius 2 is 2.21 bits per heavy atom. The van der Waals surface area contributed by atoms with E-state index in [2.05, 4.69) is 15.4 Å². The van der Waals surface area contributed by atoms with Crippen molar-refractivity contribution in [1.29, 1.82) is 0 Å². The molecule has 0 aliphatic heterocycles. The monoisotopic (exact) mass is 326 g/mol. The summed E-state index contributed by atoms with van der Waals surface area (Å²) in [6.45, 7) is 5.79. The van der Waals surface area contributed by atoms with Crippen molar-refractivity contribution in [3.05, 3.63) is 47.2 Å². The fourth-order valence-electron chi connectivity index (χ4n) is 2.94. The van der Waals surface area contributed by atoms with Gasteiger partial charge in [0.1, 0.15) is 5.76 Å². The first-order valence-electron chi connectivity index (χ1n) is 8.10. The number of furan rings is 1. The van der Waals surface area contributed by atoms with E-state index in [-0.39, 0.29) is 11.9 Å². The fraction of sp³-hybridized carbons (Fsp3) is 0.389. The standard InChI is InChI=1S/C18H22N4O2/c1-11(7-8-14-6-5-9-24-14)20-18(23)15-10-12(2)19-17-16(15)13(3)21-22(17)4/h5-6,9-11H,7-8H2,1-4H3,(H,20,23). The van der Waals surface area contributed by atoms with Gasteiger partial charge in [0, 0.05) is 25.2 Å². The Morgan fingerprint density at radius 3 is 2.92 bits per heavy atom. The van der Waals surface area contributed by atoms with E-state index in [9.17, 15) is 4.79 Å². The molecule has 3 rings (SSSR count). The lowest BCUT2D eigenvalue weighted by molar-refractivity contribution is 0.0939. The highest BCUT2D eigenvalue weighted by Crippen LogP contribution is 2.21. The van der Waals surface area contributed by atoms with Gasteiger partial charge in [0.2, 0.25) is 0 Å². The molecule has 3 aromatic rings.